The van der Waals surface area contributed by atoms with Gasteiger partial charge < -0.3 is 9.84 Å². The van der Waals surface area contributed by atoms with Gasteiger partial charge in [-0.3, -0.25) is 14.8 Å². The number of para-hydroxylation sites is 1. The van der Waals surface area contributed by atoms with E-state index in [0.717, 1.165) is 12.1 Å². The summed E-state index contributed by atoms with van der Waals surface area (Å²) in [4.78, 5) is 9.28. The van der Waals surface area contributed by atoms with Crippen LogP contribution in [0.25, 0.3) is 0 Å². The van der Waals surface area contributed by atoms with Gasteiger partial charge in [0.2, 0.25) is 5.75 Å². The van der Waals surface area contributed by atoms with Gasteiger partial charge in [0, 0.05) is 11.8 Å². The lowest BCUT2D eigenvalue weighted by atomic mass is 10.3. The Labute approximate surface area is 126 Å². The van der Waals surface area contributed by atoms with Crippen LogP contribution in [0.5, 0.6) is 11.5 Å². The summed E-state index contributed by atoms with van der Waals surface area (Å²) in [6.45, 7) is 0. The molecule has 0 bridgehead atoms. The summed E-state index contributed by atoms with van der Waals surface area (Å²) in [5.74, 6) is -1.18. The monoisotopic (exact) mass is 324 g/mol. The summed E-state index contributed by atoms with van der Waals surface area (Å²) in [5, 5.41) is 20.8. The van der Waals surface area contributed by atoms with Gasteiger partial charge in [-0.15, -0.1) is 0 Å². The number of nitro groups is 1. The molecule has 116 valence electrons. The van der Waals surface area contributed by atoms with Crippen LogP contribution in [-0.2, 0) is 10.0 Å². The molecule has 2 N–H and O–H groups in total. The fraction of sp³-hybridized carbons (Fsp3) is 0.0769. The molecule has 2 aromatic carbocycles. The van der Waals surface area contributed by atoms with Gasteiger partial charge in [-0.25, -0.2) is 8.42 Å². The fourth-order valence-electron chi connectivity index (χ4n) is 1.82. The van der Waals surface area contributed by atoms with Crippen LogP contribution in [0.4, 0.5) is 11.4 Å². The third-order valence-electron chi connectivity index (χ3n) is 2.79. The molecule has 0 saturated heterocycles. The minimum atomic E-state index is -4.27. The Balaban J connectivity index is 2.59. The number of phenols is 1. The Hall–Kier alpha value is -2.81. The second-order valence-electron chi connectivity index (χ2n) is 4.19. The topological polar surface area (TPSA) is 119 Å². The lowest BCUT2D eigenvalue weighted by Crippen LogP contribution is -2.14. The summed E-state index contributed by atoms with van der Waals surface area (Å²) in [6.07, 6.45) is 0. The van der Waals surface area contributed by atoms with Crippen molar-refractivity contribution in [3.63, 3.8) is 0 Å². The molecule has 0 atom stereocenters. The maximum atomic E-state index is 12.4. The van der Waals surface area contributed by atoms with Crippen LogP contribution in [0.1, 0.15) is 0 Å². The number of nitrogens with zero attached hydrogens (tertiary/aromatic N) is 1. The number of hydrogen-bond donors (Lipinski definition) is 2. The molecule has 22 heavy (non-hydrogen) atoms. The van der Waals surface area contributed by atoms with Crippen molar-refractivity contribution in [2.24, 2.45) is 0 Å². The number of sulfonamides is 1. The number of benzene rings is 2. The minimum absolute atomic E-state index is 0.202. The number of anilines is 1. The maximum absolute atomic E-state index is 12.4. The van der Waals surface area contributed by atoms with Crippen LogP contribution in [0.3, 0.4) is 0 Å². The molecular weight excluding hydrogens is 312 g/mol. The second-order valence-corrected chi connectivity index (χ2v) is 5.81. The molecule has 0 aliphatic carbocycles. The van der Waals surface area contributed by atoms with Gasteiger partial charge in [-0.1, -0.05) is 18.2 Å². The summed E-state index contributed by atoms with van der Waals surface area (Å²) >= 11 is 0. The molecule has 2 aromatic rings. The summed E-state index contributed by atoms with van der Waals surface area (Å²) in [6, 6.07) is 10.00. The van der Waals surface area contributed by atoms with Crippen molar-refractivity contribution >= 4 is 21.4 Å². The van der Waals surface area contributed by atoms with Crippen LogP contribution in [0.2, 0.25) is 0 Å². The van der Waals surface area contributed by atoms with Crippen molar-refractivity contribution < 1.29 is 23.2 Å². The van der Waals surface area contributed by atoms with Crippen molar-refractivity contribution in [1.82, 2.24) is 0 Å². The third-order valence-corrected chi connectivity index (χ3v) is 4.22. The van der Waals surface area contributed by atoms with Gasteiger partial charge in [-0.05, 0) is 18.2 Å². The fourth-order valence-corrected chi connectivity index (χ4v) is 3.15. The number of aromatic hydroxyl groups is 1. The maximum Gasteiger partial charge on any atom is 0.312 e. The smallest absolute Gasteiger partial charge is 0.312 e. The zero-order valence-electron chi connectivity index (χ0n) is 11.4. The van der Waals surface area contributed by atoms with Crippen molar-refractivity contribution in [2.45, 2.75) is 4.90 Å². The average Bonchev–Trinajstić information content (AvgIpc) is 2.46. The largest absolute Gasteiger partial charge is 0.501 e. The normalized spacial score (nSPS) is 11.0. The van der Waals surface area contributed by atoms with Crippen molar-refractivity contribution in [1.29, 1.82) is 0 Å². The van der Waals surface area contributed by atoms with E-state index in [4.69, 9.17) is 4.74 Å². The standard InChI is InChI=1S/C13H12N2O6S/c1-21-11-8-7-10(15(17)18)12(16)13(11)22(19,20)14-9-5-3-2-4-6-9/h2-8,14,16H,1H3. The molecule has 2 rings (SSSR count). The van der Waals surface area contributed by atoms with Gasteiger partial charge in [0.1, 0.15) is 5.75 Å². The molecule has 0 heterocycles. The average molecular weight is 324 g/mol. The van der Waals surface area contributed by atoms with E-state index in [1.54, 1.807) is 18.2 Å². The van der Waals surface area contributed by atoms with Crippen molar-refractivity contribution in [3.8, 4) is 11.5 Å². The first kappa shape index (κ1) is 15.6. The predicted molar refractivity (Wildman–Crippen MR) is 78.6 cm³/mol. The highest BCUT2D eigenvalue weighted by atomic mass is 32.2. The molecule has 0 aromatic heterocycles. The van der Waals surface area contributed by atoms with Crippen LogP contribution in [-0.4, -0.2) is 25.6 Å². The number of ether oxygens (including phenoxy) is 1. The van der Waals surface area contributed by atoms with Gasteiger partial charge in [0.15, 0.2) is 4.90 Å². The summed E-state index contributed by atoms with van der Waals surface area (Å²) in [7, 11) is -3.08. The SMILES string of the molecule is COc1ccc([N+](=O)[O-])c(O)c1S(=O)(=O)Nc1ccccc1. The molecule has 0 saturated carbocycles. The Bertz CT molecular complexity index is 805. The summed E-state index contributed by atoms with van der Waals surface area (Å²) in [5.41, 5.74) is -0.482. The third kappa shape index (κ3) is 2.93. The number of nitrogens with one attached hydrogen (secondary N) is 1. The molecule has 0 aliphatic rings. The van der Waals surface area contributed by atoms with E-state index >= 15 is 0 Å². The molecule has 0 fully saturated rings. The molecule has 0 aliphatic heterocycles. The number of rotatable bonds is 5. The van der Waals surface area contributed by atoms with Crippen LogP contribution < -0.4 is 9.46 Å². The highest BCUT2D eigenvalue weighted by Gasteiger charge is 2.30. The van der Waals surface area contributed by atoms with E-state index < -0.39 is 31.3 Å². The predicted octanol–water partition coefficient (Wildman–Crippen LogP) is 2.11. The first-order chi connectivity index (χ1) is 10.4. The lowest BCUT2D eigenvalue weighted by Gasteiger charge is -2.12. The molecule has 0 unspecified atom stereocenters. The van der Waals surface area contributed by atoms with E-state index in [-0.39, 0.29) is 11.4 Å². The van der Waals surface area contributed by atoms with E-state index in [2.05, 4.69) is 4.72 Å². The number of methoxy groups -OCH3 is 1. The van der Waals surface area contributed by atoms with Gasteiger partial charge in [0.05, 0.1) is 12.0 Å². The van der Waals surface area contributed by atoms with Crippen molar-refractivity contribution in [2.75, 3.05) is 11.8 Å². The molecule has 9 heteroatoms. The van der Waals surface area contributed by atoms with Gasteiger partial charge in [0.25, 0.3) is 10.0 Å². The highest BCUT2D eigenvalue weighted by Crippen LogP contribution is 2.40. The van der Waals surface area contributed by atoms with E-state index in [0.29, 0.717) is 0 Å². The number of nitro benzene ring substituents is 1. The second kappa shape index (κ2) is 5.90. The van der Waals surface area contributed by atoms with Crippen LogP contribution in [0.15, 0.2) is 47.4 Å². The Morgan fingerprint density at radius 1 is 1.18 bits per heavy atom. The molecule has 0 amide bonds. The van der Waals surface area contributed by atoms with Gasteiger partial charge >= 0.3 is 5.69 Å². The van der Waals surface area contributed by atoms with E-state index in [9.17, 15) is 23.6 Å². The Kier molecular flexibility index (Phi) is 4.18. The molecular formula is C13H12N2O6S. The van der Waals surface area contributed by atoms with E-state index in [1.165, 1.54) is 19.2 Å². The molecule has 0 radical (unpaired) electrons. The number of phenolic OH excluding ortho intramolecular Hbond substituents is 1. The zero-order chi connectivity index (χ0) is 16.3. The van der Waals surface area contributed by atoms with Gasteiger partial charge in [-0.2, -0.15) is 0 Å². The van der Waals surface area contributed by atoms with Crippen LogP contribution in [0, 0.1) is 10.1 Å². The Morgan fingerprint density at radius 3 is 2.36 bits per heavy atom. The molecule has 0 spiro atoms. The first-order valence-electron chi connectivity index (χ1n) is 5.99. The minimum Gasteiger partial charge on any atom is -0.501 e. The lowest BCUT2D eigenvalue weighted by molar-refractivity contribution is -0.386. The number of hydrogen-bond acceptors (Lipinski definition) is 6. The highest BCUT2D eigenvalue weighted by molar-refractivity contribution is 7.93. The first-order valence-corrected chi connectivity index (χ1v) is 7.47. The molecule has 8 nitrogen and oxygen atoms in total. The quantitative estimate of drug-likeness (QED) is 0.642. The zero-order valence-corrected chi connectivity index (χ0v) is 12.2. The van der Waals surface area contributed by atoms with Crippen molar-refractivity contribution in [3.05, 3.63) is 52.6 Å². The van der Waals surface area contributed by atoms with E-state index in [1.807, 2.05) is 0 Å². The van der Waals surface area contributed by atoms with Crippen LogP contribution >= 0.6 is 0 Å². The Morgan fingerprint density at radius 2 is 1.82 bits per heavy atom. The summed E-state index contributed by atoms with van der Waals surface area (Å²) < 4.78 is 31.9.